The quantitative estimate of drug-likeness (QED) is 0.744. The van der Waals surface area contributed by atoms with E-state index in [1.165, 1.54) is 25.7 Å². The third-order valence-electron chi connectivity index (χ3n) is 9.85. The predicted molar refractivity (Wildman–Crippen MR) is 107 cm³/mol. The van der Waals surface area contributed by atoms with E-state index in [0.717, 1.165) is 12.8 Å². The number of hydrogen-bond acceptors (Lipinski definition) is 3. The minimum Gasteiger partial charge on any atom is -0.481 e. The normalized spacial score (nSPS) is 46.5. The fourth-order valence-electron chi connectivity index (χ4n) is 8.36. The highest BCUT2D eigenvalue weighted by molar-refractivity contribution is 5.90. The van der Waals surface area contributed by atoms with Gasteiger partial charge in [-0.25, -0.2) is 0 Å². The lowest BCUT2D eigenvalue weighted by molar-refractivity contribution is -0.159. The molecular formula is C24H36O4. The van der Waals surface area contributed by atoms with E-state index < -0.39 is 5.97 Å². The van der Waals surface area contributed by atoms with Crippen molar-refractivity contribution in [2.45, 2.75) is 85.0 Å². The molecule has 1 N–H and O–H groups in total. The molecule has 0 aliphatic heterocycles. The molecule has 0 radical (unpaired) electrons. The van der Waals surface area contributed by atoms with Crippen molar-refractivity contribution in [2.75, 3.05) is 0 Å². The van der Waals surface area contributed by atoms with Gasteiger partial charge >= 0.3 is 5.97 Å². The molecule has 4 fully saturated rings. The van der Waals surface area contributed by atoms with Crippen LogP contribution in [0.25, 0.3) is 0 Å². The number of carbonyl (C=O) groups excluding carboxylic acids is 2. The van der Waals surface area contributed by atoms with Gasteiger partial charge in [0.2, 0.25) is 0 Å². The van der Waals surface area contributed by atoms with Crippen LogP contribution in [-0.2, 0) is 14.4 Å². The number of carboxylic acids is 1. The maximum Gasteiger partial charge on any atom is 0.303 e. The molecule has 0 spiro atoms. The number of carbonyl (C=O) groups is 3. The molecule has 0 bridgehead atoms. The molecule has 8 atom stereocenters. The zero-order valence-corrected chi connectivity index (χ0v) is 17.7. The summed E-state index contributed by atoms with van der Waals surface area (Å²) in [6.45, 7) is 6.99. The van der Waals surface area contributed by atoms with E-state index in [4.69, 9.17) is 5.11 Å². The van der Waals surface area contributed by atoms with Crippen LogP contribution in [-0.4, -0.2) is 22.6 Å². The number of aliphatic carboxylic acids is 1. The molecule has 156 valence electrons. The maximum absolute atomic E-state index is 13.1. The average Bonchev–Trinajstić information content (AvgIpc) is 2.99. The third-order valence-corrected chi connectivity index (χ3v) is 9.85. The first-order valence-corrected chi connectivity index (χ1v) is 11.4. The molecule has 0 amide bonds. The molecule has 0 heterocycles. The summed E-state index contributed by atoms with van der Waals surface area (Å²) in [5.41, 5.74) is 0.259. The SMILES string of the molecule is C[C@H](CCC(=O)O)[C@H]1CC[C@H]2[C@@H]3CC(=O)C4CC(=O)CC[C@]4(C)[C@H]3CC[C@]12C. The first-order valence-electron chi connectivity index (χ1n) is 11.4. The van der Waals surface area contributed by atoms with Crippen molar-refractivity contribution in [1.29, 1.82) is 0 Å². The van der Waals surface area contributed by atoms with Gasteiger partial charge in [0, 0.05) is 31.6 Å². The standard InChI is InChI=1S/C24H36O4/c1-14(4-7-22(27)28)17-5-6-18-16-13-21(26)20-12-15(25)8-10-24(20,3)19(16)9-11-23(17,18)2/h14,16-20H,4-13H2,1-3H3,(H,27,28)/t14-,16+,17-,18+,19+,20?,23-,24-/m1/s1. The molecule has 4 nitrogen and oxygen atoms in total. The van der Waals surface area contributed by atoms with Crippen molar-refractivity contribution in [1.82, 2.24) is 0 Å². The zero-order valence-electron chi connectivity index (χ0n) is 17.7. The van der Waals surface area contributed by atoms with Crippen LogP contribution in [0.5, 0.6) is 0 Å². The van der Waals surface area contributed by atoms with Gasteiger partial charge in [-0.05, 0) is 78.9 Å². The smallest absolute Gasteiger partial charge is 0.303 e. The molecule has 0 aromatic rings. The number of carboxylic acid groups (broad SMARTS) is 1. The summed E-state index contributed by atoms with van der Waals surface area (Å²) >= 11 is 0. The lowest BCUT2D eigenvalue weighted by atomic mass is 9.44. The van der Waals surface area contributed by atoms with E-state index in [2.05, 4.69) is 20.8 Å². The number of hydrogen-bond donors (Lipinski definition) is 1. The fourth-order valence-corrected chi connectivity index (χ4v) is 8.36. The van der Waals surface area contributed by atoms with Gasteiger partial charge in [-0.2, -0.15) is 0 Å². The number of Topliss-reactive ketones (excluding diaryl/α,β-unsaturated/α-hetero) is 2. The molecule has 4 aliphatic rings. The Bertz CT molecular complexity index is 684. The Hall–Kier alpha value is -1.19. The van der Waals surface area contributed by atoms with Crippen molar-refractivity contribution >= 4 is 17.5 Å². The lowest BCUT2D eigenvalue weighted by Crippen LogP contribution is -2.56. The molecule has 1 unspecified atom stereocenters. The highest BCUT2D eigenvalue weighted by atomic mass is 16.4. The Balaban J connectivity index is 1.56. The van der Waals surface area contributed by atoms with Crippen LogP contribution in [0.2, 0.25) is 0 Å². The molecule has 0 saturated heterocycles. The predicted octanol–water partition coefficient (Wildman–Crippen LogP) is 4.89. The van der Waals surface area contributed by atoms with Crippen molar-refractivity contribution in [3.8, 4) is 0 Å². The molecule has 0 aromatic carbocycles. The molecule has 4 rings (SSSR count). The Morgan fingerprint density at radius 1 is 1.07 bits per heavy atom. The topological polar surface area (TPSA) is 71.4 Å². The monoisotopic (exact) mass is 388 g/mol. The summed E-state index contributed by atoms with van der Waals surface area (Å²) in [6, 6.07) is 0. The number of ketones is 2. The molecule has 4 aliphatic carbocycles. The van der Waals surface area contributed by atoms with E-state index in [1.807, 2.05) is 0 Å². The lowest BCUT2D eigenvalue weighted by Gasteiger charge is -2.59. The van der Waals surface area contributed by atoms with Crippen molar-refractivity contribution in [3.63, 3.8) is 0 Å². The summed E-state index contributed by atoms with van der Waals surface area (Å²) in [4.78, 5) is 36.2. The summed E-state index contributed by atoms with van der Waals surface area (Å²) in [5.74, 6) is 2.54. The van der Waals surface area contributed by atoms with E-state index in [1.54, 1.807) is 0 Å². The van der Waals surface area contributed by atoms with Gasteiger partial charge in [0.1, 0.15) is 11.6 Å². The van der Waals surface area contributed by atoms with Gasteiger partial charge in [0.25, 0.3) is 0 Å². The molecular weight excluding hydrogens is 352 g/mol. The Labute approximate surface area is 168 Å². The zero-order chi connectivity index (χ0) is 20.3. The Morgan fingerprint density at radius 2 is 1.79 bits per heavy atom. The highest BCUT2D eigenvalue weighted by Gasteiger charge is 2.62. The number of rotatable bonds is 4. The largest absolute Gasteiger partial charge is 0.481 e. The first-order chi connectivity index (χ1) is 13.2. The molecule has 0 aromatic heterocycles. The van der Waals surface area contributed by atoms with Gasteiger partial charge < -0.3 is 5.11 Å². The third kappa shape index (κ3) is 2.97. The Morgan fingerprint density at radius 3 is 2.50 bits per heavy atom. The minimum atomic E-state index is -0.695. The summed E-state index contributed by atoms with van der Waals surface area (Å²) < 4.78 is 0. The van der Waals surface area contributed by atoms with Crippen molar-refractivity contribution in [2.24, 2.45) is 46.3 Å². The second-order valence-electron chi connectivity index (χ2n) is 11.0. The van der Waals surface area contributed by atoms with Gasteiger partial charge in [0.05, 0.1) is 0 Å². The van der Waals surface area contributed by atoms with Crippen LogP contribution in [0.15, 0.2) is 0 Å². The van der Waals surface area contributed by atoms with Gasteiger partial charge in [-0.3, -0.25) is 14.4 Å². The van der Waals surface area contributed by atoms with Crippen LogP contribution in [0, 0.1) is 46.3 Å². The Kier molecular flexibility index (Phi) is 4.99. The molecule has 28 heavy (non-hydrogen) atoms. The van der Waals surface area contributed by atoms with E-state index in [0.29, 0.717) is 54.6 Å². The van der Waals surface area contributed by atoms with Crippen LogP contribution < -0.4 is 0 Å². The average molecular weight is 389 g/mol. The van der Waals surface area contributed by atoms with Crippen LogP contribution in [0.4, 0.5) is 0 Å². The molecule has 4 heteroatoms. The van der Waals surface area contributed by atoms with E-state index in [-0.39, 0.29) is 29.0 Å². The van der Waals surface area contributed by atoms with Gasteiger partial charge in [0.15, 0.2) is 0 Å². The van der Waals surface area contributed by atoms with Crippen LogP contribution in [0.3, 0.4) is 0 Å². The maximum atomic E-state index is 13.1. The number of fused-ring (bicyclic) bond motifs is 5. The highest BCUT2D eigenvalue weighted by Crippen LogP contribution is 2.67. The van der Waals surface area contributed by atoms with Crippen molar-refractivity contribution in [3.05, 3.63) is 0 Å². The first kappa shape index (κ1) is 20.1. The van der Waals surface area contributed by atoms with E-state index >= 15 is 0 Å². The van der Waals surface area contributed by atoms with Gasteiger partial charge in [-0.15, -0.1) is 0 Å². The van der Waals surface area contributed by atoms with Crippen LogP contribution in [0.1, 0.15) is 85.0 Å². The van der Waals surface area contributed by atoms with Crippen LogP contribution >= 0.6 is 0 Å². The summed E-state index contributed by atoms with van der Waals surface area (Å²) in [6.07, 6.45) is 8.47. The van der Waals surface area contributed by atoms with Crippen molar-refractivity contribution < 1.29 is 19.5 Å². The van der Waals surface area contributed by atoms with E-state index in [9.17, 15) is 14.4 Å². The molecule has 4 saturated carbocycles. The summed E-state index contributed by atoms with van der Waals surface area (Å²) in [7, 11) is 0. The summed E-state index contributed by atoms with van der Waals surface area (Å²) in [5, 5.41) is 9.08. The van der Waals surface area contributed by atoms with Gasteiger partial charge in [-0.1, -0.05) is 20.8 Å². The second-order valence-corrected chi connectivity index (χ2v) is 11.0. The minimum absolute atomic E-state index is 0.0161. The second kappa shape index (κ2) is 6.95. The fraction of sp³-hybridized carbons (Fsp3) is 0.875.